The van der Waals surface area contributed by atoms with Crippen molar-refractivity contribution >= 4 is 46.7 Å². The molecule has 0 aliphatic heterocycles. The van der Waals surface area contributed by atoms with E-state index in [-0.39, 0.29) is 5.69 Å². The highest BCUT2D eigenvalue weighted by molar-refractivity contribution is 7.19. The third-order valence-electron chi connectivity index (χ3n) is 2.92. The topological polar surface area (TPSA) is 70.1 Å². The van der Waals surface area contributed by atoms with E-state index in [9.17, 15) is 4.79 Å². The van der Waals surface area contributed by atoms with Gasteiger partial charge in [-0.05, 0) is 24.3 Å². The standard InChI is InChI=1S/C15H10Cl2N4OS/c16-10-4-2-1-3-9(10)8-18-21-15(22)12-7-11(19-20-12)13-5-6-14(17)23-13/h1-8H,(H,19,20)(H,21,22). The second-order valence-electron chi connectivity index (χ2n) is 4.49. The van der Waals surface area contributed by atoms with Crippen LogP contribution in [-0.4, -0.2) is 22.3 Å². The number of benzene rings is 1. The van der Waals surface area contributed by atoms with Crippen LogP contribution in [0.2, 0.25) is 9.36 Å². The maximum Gasteiger partial charge on any atom is 0.291 e. The molecule has 3 rings (SSSR count). The number of H-pyrrole nitrogens is 1. The average Bonchev–Trinajstić information content (AvgIpc) is 3.18. The quantitative estimate of drug-likeness (QED) is 0.537. The molecule has 2 heterocycles. The lowest BCUT2D eigenvalue weighted by Gasteiger charge is -1.97. The van der Waals surface area contributed by atoms with E-state index in [1.807, 2.05) is 18.2 Å². The van der Waals surface area contributed by atoms with Gasteiger partial charge in [-0.15, -0.1) is 11.3 Å². The van der Waals surface area contributed by atoms with E-state index in [1.165, 1.54) is 17.6 Å². The molecule has 0 unspecified atom stereocenters. The van der Waals surface area contributed by atoms with Crippen LogP contribution in [0.5, 0.6) is 0 Å². The summed E-state index contributed by atoms with van der Waals surface area (Å²) >= 11 is 13.3. The first kappa shape index (κ1) is 15.7. The Kier molecular flexibility index (Phi) is 4.76. The third kappa shape index (κ3) is 3.79. The minimum atomic E-state index is -0.418. The normalized spacial score (nSPS) is 11.0. The van der Waals surface area contributed by atoms with Gasteiger partial charge in [0.25, 0.3) is 5.91 Å². The Morgan fingerprint density at radius 2 is 2.09 bits per heavy atom. The molecular weight excluding hydrogens is 355 g/mol. The molecule has 0 spiro atoms. The Hall–Kier alpha value is -2.15. The van der Waals surface area contributed by atoms with E-state index in [0.29, 0.717) is 14.9 Å². The van der Waals surface area contributed by atoms with Crippen molar-refractivity contribution in [3.8, 4) is 10.6 Å². The van der Waals surface area contributed by atoms with Gasteiger partial charge >= 0.3 is 0 Å². The number of amides is 1. The number of hydrogen-bond donors (Lipinski definition) is 2. The molecule has 8 heteroatoms. The minimum Gasteiger partial charge on any atom is -0.276 e. The number of halogens is 2. The Balaban J connectivity index is 1.67. The third-order valence-corrected chi connectivity index (χ3v) is 4.53. The van der Waals surface area contributed by atoms with Gasteiger partial charge in [-0.2, -0.15) is 10.2 Å². The van der Waals surface area contributed by atoms with Gasteiger partial charge in [0.05, 0.1) is 21.1 Å². The maximum absolute atomic E-state index is 12.0. The molecule has 0 aliphatic rings. The second-order valence-corrected chi connectivity index (χ2v) is 6.61. The predicted octanol–water partition coefficient (Wildman–Crippen LogP) is 4.21. The number of rotatable bonds is 4. The molecule has 1 amide bonds. The second kappa shape index (κ2) is 6.95. The van der Waals surface area contributed by atoms with Crippen molar-refractivity contribution < 1.29 is 4.79 Å². The van der Waals surface area contributed by atoms with Crippen LogP contribution in [0.15, 0.2) is 47.6 Å². The molecule has 0 bridgehead atoms. The summed E-state index contributed by atoms with van der Waals surface area (Å²) in [5.74, 6) is -0.418. The van der Waals surface area contributed by atoms with Crippen LogP contribution >= 0.6 is 34.5 Å². The average molecular weight is 365 g/mol. The fourth-order valence-corrected chi connectivity index (χ4v) is 3.01. The predicted molar refractivity (Wildman–Crippen MR) is 93.4 cm³/mol. The number of hydrogen-bond acceptors (Lipinski definition) is 4. The number of aromatic nitrogens is 2. The summed E-state index contributed by atoms with van der Waals surface area (Å²) in [4.78, 5) is 12.9. The molecule has 3 aromatic rings. The van der Waals surface area contributed by atoms with E-state index in [1.54, 1.807) is 24.3 Å². The van der Waals surface area contributed by atoms with E-state index in [4.69, 9.17) is 23.2 Å². The fraction of sp³-hybridized carbons (Fsp3) is 0. The lowest BCUT2D eigenvalue weighted by atomic mass is 10.2. The van der Waals surface area contributed by atoms with Crippen LogP contribution in [0.3, 0.4) is 0 Å². The van der Waals surface area contributed by atoms with Crippen LogP contribution in [0.1, 0.15) is 16.1 Å². The van der Waals surface area contributed by atoms with E-state index >= 15 is 0 Å². The highest BCUT2D eigenvalue weighted by Gasteiger charge is 2.12. The highest BCUT2D eigenvalue weighted by Crippen LogP contribution is 2.29. The molecule has 0 atom stereocenters. The van der Waals surface area contributed by atoms with Crippen molar-refractivity contribution in [1.29, 1.82) is 0 Å². The first-order chi connectivity index (χ1) is 11.1. The summed E-state index contributed by atoms with van der Waals surface area (Å²) in [5.41, 5.74) is 4.09. The Morgan fingerprint density at radius 1 is 1.26 bits per heavy atom. The van der Waals surface area contributed by atoms with Crippen molar-refractivity contribution in [2.75, 3.05) is 0 Å². The zero-order chi connectivity index (χ0) is 16.2. The van der Waals surface area contributed by atoms with Crippen LogP contribution in [0.25, 0.3) is 10.6 Å². The van der Waals surface area contributed by atoms with E-state index in [2.05, 4.69) is 20.7 Å². The summed E-state index contributed by atoms with van der Waals surface area (Å²) in [5, 5.41) is 11.2. The summed E-state index contributed by atoms with van der Waals surface area (Å²) in [6.45, 7) is 0. The molecule has 1 aromatic carbocycles. The van der Waals surface area contributed by atoms with Crippen LogP contribution in [0.4, 0.5) is 0 Å². The molecule has 0 saturated heterocycles. The molecule has 0 fully saturated rings. The first-order valence-electron chi connectivity index (χ1n) is 6.52. The molecule has 23 heavy (non-hydrogen) atoms. The van der Waals surface area contributed by atoms with Crippen molar-refractivity contribution in [2.24, 2.45) is 5.10 Å². The zero-order valence-electron chi connectivity index (χ0n) is 11.6. The number of nitrogens with one attached hydrogen (secondary N) is 2. The van der Waals surface area contributed by atoms with Crippen LogP contribution in [0, 0.1) is 0 Å². The van der Waals surface area contributed by atoms with Gasteiger partial charge in [0, 0.05) is 10.6 Å². The lowest BCUT2D eigenvalue weighted by molar-refractivity contribution is 0.0950. The van der Waals surface area contributed by atoms with Crippen LogP contribution in [-0.2, 0) is 0 Å². The van der Waals surface area contributed by atoms with Crippen molar-refractivity contribution in [2.45, 2.75) is 0 Å². The van der Waals surface area contributed by atoms with Gasteiger partial charge in [0.15, 0.2) is 5.69 Å². The zero-order valence-corrected chi connectivity index (χ0v) is 13.9. The fourth-order valence-electron chi connectivity index (χ4n) is 1.82. The summed E-state index contributed by atoms with van der Waals surface area (Å²) in [6.07, 6.45) is 1.48. The van der Waals surface area contributed by atoms with Gasteiger partial charge in [-0.25, -0.2) is 5.43 Å². The maximum atomic E-state index is 12.0. The Morgan fingerprint density at radius 3 is 2.83 bits per heavy atom. The van der Waals surface area contributed by atoms with Gasteiger partial charge in [0.2, 0.25) is 0 Å². The minimum absolute atomic E-state index is 0.237. The summed E-state index contributed by atoms with van der Waals surface area (Å²) < 4.78 is 0.671. The van der Waals surface area contributed by atoms with E-state index < -0.39 is 5.91 Å². The highest BCUT2D eigenvalue weighted by atomic mass is 35.5. The van der Waals surface area contributed by atoms with Crippen LogP contribution < -0.4 is 5.43 Å². The van der Waals surface area contributed by atoms with Gasteiger partial charge in [-0.1, -0.05) is 41.4 Å². The largest absolute Gasteiger partial charge is 0.291 e. The van der Waals surface area contributed by atoms with Crippen molar-refractivity contribution in [3.05, 3.63) is 63.1 Å². The number of carbonyl (C=O) groups excluding carboxylic acids is 1. The van der Waals surface area contributed by atoms with E-state index in [0.717, 1.165) is 10.6 Å². The number of carbonyl (C=O) groups is 1. The Labute approximate surface area is 145 Å². The number of thiophene rings is 1. The smallest absolute Gasteiger partial charge is 0.276 e. The summed E-state index contributed by atoms with van der Waals surface area (Å²) in [6, 6.07) is 12.5. The number of hydrazone groups is 1. The number of aromatic amines is 1. The SMILES string of the molecule is O=C(NN=Cc1ccccc1Cl)c1cc(-c2ccc(Cl)s2)[nH]n1. The number of nitrogens with zero attached hydrogens (tertiary/aromatic N) is 2. The molecule has 0 aliphatic carbocycles. The first-order valence-corrected chi connectivity index (χ1v) is 8.10. The lowest BCUT2D eigenvalue weighted by Crippen LogP contribution is -2.18. The monoisotopic (exact) mass is 364 g/mol. The van der Waals surface area contributed by atoms with Gasteiger partial charge in [0.1, 0.15) is 0 Å². The molecule has 5 nitrogen and oxygen atoms in total. The molecule has 0 radical (unpaired) electrons. The molecule has 116 valence electrons. The van der Waals surface area contributed by atoms with Crippen molar-refractivity contribution in [3.63, 3.8) is 0 Å². The molecule has 0 saturated carbocycles. The van der Waals surface area contributed by atoms with Gasteiger partial charge < -0.3 is 0 Å². The van der Waals surface area contributed by atoms with Gasteiger partial charge in [-0.3, -0.25) is 9.89 Å². The van der Waals surface area contributed by atoms with Crippen molar-refractivity contribution in [1.82, 2.24) is 15.6 Å². The molecule has 2 N–H and O–H groups in total. The molecular formula is C15H10Cl2N4OS. The molecule has 2 aromatic heterocycles. The Bertz CT molecular complexity index is 872. The summed E-state index contributed by atoms with van der Waals surface area (Å²) in [7, 11) is 0.